The minimum atomic E-state index is -3.74. The molecule has 3 aromatic rings. The number of rotatable bonds is 4. The van der Waals surface area contributed by atoms with Gasteiger partial charge in [0.2, 0.25) is 14.9 Å². The molecule has 124 valence electrons. The van der Waals surface area contributed by atoms with Crippen LogP contribution in [0.25, 0.3) is 5.69 Å². The molecular formula is C17H17N3O3S. The Kier molecular flexibility index (Phi) is 4.11. The third-order valence-corrected chi connectivity index (χ3v) is 5.50. The van der Waals surface area contributed by atoms with Crippen LogP contribution in [0.4, 0.5) is 0 Å². The molecule has 7 heteroatoms. The second kappa shape index (κ2) is 6.09. The molecule has 3 rings (SSSR count). The number of aryl methyl sites for hydroxylation is 1. The van der Waals surface area contributed by atoms with Gasteiger partial charge in [0.1, 0.15) is 5.75 Å². The molecule has 2 aromatic carbocycles. The molecule has 0 N–H and O–H groups in total. The summed E-state index contributed by atoms with van der Waals surface area (Å²) in [6.45, 7) is 3.66. The van der Waals surface area contributed by atoms with Crippen molar-refractivity contribution < 1.29 is 13.2 Å². The van der Waals surface area contributed by atoms with Gasteiger partial charge in [-0.1, -0.05) is 17.3 Å². The van der Waals surface area contributed by atoms with Crippen molar-refractivity contribution in [3.05, 3.63) is 59.8 Å². The average Bonchev–Trinajstić information content (AvgIpc) is 2.97. The van der Waals surface area contributed by atoms with Crippen LogP contribution in [-0.4, -0.2) is 30.5 Å². The van der Waals surface area contributed by atoms with E-state index in [2.05, 4.69) is 10.3 Å². The Morgan fingerprint density at radius 3 is 2.38 bits per heavy atom. The lowest BCUT2D eigenvalue weighted by Crippen LogP contribution is -2.06. The molecule has 0 aliphatic heterocycles. The summed E-state index contributed by atoms with van der Waals surface area (Å²) in [6.07, 6.45) is 0. The van der Waals surface area contributed by atoms with Crippen LogP contribution in [0.2, 0.25) is 0 Å². The van der Waals surface area contributed by atoms with Crippen LogP contribution in [0.5, 0.6) is 5.75 Å². The Labute approximate surface area is 140 Å². The van der Waals surface area contributed by atoms with Crippen LogP contribution in [0, 0.1) is 13.8 Å². The van der Waals surface area contributed by atoms with Gasteiger partial charge in [0.05, 0.1) is 23.4 Å². The third kappa shape index (κ3) is 2.78. The predicted molar refractivity (Wildman–Crippen MR) is 89.3 cm³/mol. The Balaban J connectivity index is 2.06. The van der Waals surface area contributed by atoms with Crippen molar-refractivity contribution in [2.75, 3.05) is 7.11 Å². The summed E-state index contributed by atoms with van der Waals surface area (Å²) < 4.78 is 32.2. The summed E-state index contributed by atoms with van der Waals surface area (Å²) in [5.74, 6) is 0.592. The van der Waals surface area contributed by atoms with Crippen molar-refractivity contribution in [1.29, 1.82) is 0 Å². The first-order chi connectivity index (χ1) is 11.4. The number of methoxy groups -OCH3 is 1. The maximum Gasteiger partial charge on any atom is 0.227 e. The van der Waals surface area contributed by atoms with Crippen LogP contribution < -0.4 is 4.74 Å². The van der Waals surface area contributed by atoms with Crippen molar-refractivity contribution in [2.24, 2.45) is 0 Å². The van der Waals surface area contributed by atoms with Gasteiger partial charge in [-0.2, -0.15) is 0 Å². The topological polar surface area (TPSA) is 74.1 Å². The summed E-state index contributed by atoms with van der Waals surface area (Å²) in [5.41, 5.74) is 2.30. The molecule has 0 atom stereocenters. The molecule has 0 aliphatic carbocycles. The van der Waals surface area contributed by atoms with Crippen molar-refractivity contribution in [3.8, 4) is 11.4 Å². The van der Waals surface area contributed by atoms with E-state index in [1.54, 1.807) is 19.1 Å². The van der Waals surface area contributed by atoms with E-state index < -0.39 is 9.84 Å². The van der Waals surface area contributed by atoms with Gasteiger partial charge in [-0.25, -0.2) is 13.1 Å². The zero-order valence-corrected chi connectivity index (χ0v) is 14.4. The van der Waals surface area contributed by atoms with E-state index in [-0.39, 0.29) is 9.92 Å². The minimum absolute atomic E-state index is 0.0471. The van der Waals surface area contributed by atoms with E-state index in [4.69, 9.17) is 4.74 Å². The molecule has 0 saturated carbocycles. The lowest BCUT2D eigenvalue weighted by atomic mass is 10.2. The van der Waals surface area contributed by atoms with Crippen LogP contribution >= 0.6 is 0 Å². The molecule has 0 spiro atoms. The normalized spacial score (nSPS) is 11.5. The average molecular weight is 343 g/mol. The van der Waals surface area contributed by atoms with Gasteiger partial charge >= 0.3 is 0 Å². The fourth-order valence-corrected chi connectivity index (χ4v) is 3.77. The maximum atomic E-state index is 12.8. The molecule has 24 heavy (non-hydrogen) atoms. The molecule has 1 aromatic heterocycles. The standard InChI is InChI=1S/C17H17N3O3S/c1-12-5-4-6-14(11-12)20-13(2)17(18-19-20)24(21,22)16-9-7-15(23-3)8-10-16/h4-11H,1-3H3. The second-order valence-corrected chi connectivity index (χ2v) is 7.27. The predicted octanol–water partition coefficient (Wildman–Crippen LogP) is 2.73. The number of benzene rings is 2. The lowest BCUT2D eigenvalue weighted by Gasteiger charge is -2.06. The van der Waals surface area contributed by atoms with Gasteiger partial charge in [-0.3, -0.25) is 0 Å². The summed E-state index contributed by atoms with van der Waals surface area (Å²) in [4.78, 5) is 0.155. The van der Waals surface area contributed by atoms with Crippen LogP contribution in [0.3, 0.4) is 0 Å². The van der Waals surface area contributed by atoms with Gasteiger partial charge in [-0.05, 0) is 55.8 Å². The molecule has 0 unspecified atom stereocenters. The molecule has 0 amide bonds. The van der Waals surface area contributed by atoms with Crippen molar-refractivity contribution in [3.63, 3.8) is 0 Å². The third-order valence-electron chi connectivity index (χ3n) is 3.72. The number of hydrogen-bond donors (Lipinski definition) is 0. The monoisotopic (exact) mass is 343 g/mol. The van der Waals surface area contributed by atoms with Crippen LogP contribution in [-0.2, 0) is 9.84 Å². The molecule has 0 aliphatic rings. The zero-order chi connectivity index (χ0) is 17.3. The molecule has 0 radical (unpaired) electrons. The first-order valence-corrected chi connectivity index (χ1v) is 8.80. The number of ether oxygens (including phenoxy) is 1. The maximum absolute atomic E-state index is 12.8. The van der Waals surface area contributed by atoms with Crippen LogP contribution in [0.15, 0.2) is 58.5 Å². The van der Waals surface area contributed by atoms with Gasteiger partial charge in [0, 0.05) is 0 Å². The van der Waals surface area contributed by atoms with E-state index in [1.807, 2.05) is 31.2 Å². The first-order valence-electron chi connectivity index (χ1n) is 7.32. The SMILES string of the molecule is COc1ccc(S(=O)(=O)c2nnn(-c3cccc(C)c3)c2C)cc1. The number of aromatic nitrogens is 3. The largest absolute Gasteiger partial charge is 0.497 e. The Bertz CT molecular complexity index is 977. The van der Waals surface area contributed by atoms with Crippen molar-refractivity contribution in [1.82, 2.24) is 15.0 Å². The fraction of sp³-hybridized carbons (Fsp3) is 0.176. The summed E-state index contributed by atoms with van der Waals surface area (Å²) in [5, 5.41) is 7.87. The second-order valence-electron chi connectivity index (χ2n) is 5.41. The van der Waals surface area contributed by atoms with E-state index in [0.29, 0.717) is 11.4 Å². The minimum Gasteiger partial charge on any atom is -0.497 e. The Hall–Kier alpha value is -2.67. The number of nitrogens with zero attached hydrogens (tertiary/aromatic N) is 3. The van der Waals surface area contributed by atoms with Gasteiger partial charge in [-0.15, -0.1) is 5.10 Å². The van der Waals surface area contributed by atoms with Crippen LogP contribution in [0.1, 0.15) is 11.3 Å². The van der Waals surface area contributed by atoms with Gasteiger partial charge in [0.25, 0.3) is 0 Å². The molecule has 0 saturated heterocycles. The number of sulfone groups is 1. The summed E-state index contributed by atoms with van der Waals surface area (Å²) >= 11 is 0. The lowest BCUT2D eigenvalue weighted by molar-refractivity contribution is 0.414. The quantitative estimate of drug-likeness (QED) is 0.728. The Morgan fingerprint density at radius 1 is 1.04 bits per heavy atom. The Morgan fingerprint density at radius 2 is 1.75 bits per heavy atom. The van der Waals surface area contributed by atoms with E-state index in [1.165, 1.54) is 23.9 Å². The van der Waals surface area contributed by atoms with E-state index >= 15 is 0 Å². The molecule has 0 bridgehead atoms. The number of hydrogen-bond acceptors (Lipinski definition) is 5. The summed E-state index contributed by atoms with van der Waals surface area (Å²) in [7, 11) is -2.21. The molecular weight excluding hydrogens is 326 g/mol. The van der Waals surface area contributed by atoms with E-state index in [0.717, 1.165) is 11.3 Å². The molecule has 1 heterocycles. The highest BCUT2D eigenvalue weighted by Crippen LogP contribution is 2.25. The molecule has 0 fully saturated rings. The van der Waals surface area contributed by atoms with E-state index in [9.17, 15) is 8.42 Å². The molecule has 6 nitrogen and oxygen atoms in total. The summed E-state index contributed by atoms with van der Waals surface area (Å²) in [6, 6.07) is 13.8. The zero-order valence-electron chi connectivity index (χ0n) is 13.6. The van der Waals surface area contributed by atoms with Crippen molar-refractivity contribution >= 4 is 9.84 Å². The van der Waals surface area contributed by atoms with Gasteiger partial charge < -0.3 is 4.74 Å². The highest BCUT2D eigenvalue weighted by atomic mass is 32.2. The van der Waals surface area contributed by atoms with Gasteiger partial charge in [0.15, 0.2) is 0 Å². The highest BCUT2D eigenvalue weighted by Gasteiger charge is 2.25. The first kappa shape index (κ1) is 16.2. The highest BCUT2D eigenvalue weighted by molar-refractivity contribution is 7.91. The van der Waals surface area contributed by atoms with Crippen molar-refractivity contribution in [2.45, 2.75) is 23.8 Å². The smallest absolute Gasteiger partial charge is 0.227 e. The fourth-order valence-electron chi connectivity index (χ4n) is 2.44.